The Morgan fingerprint density at radius 2 is 1.81 bits per heavy atom. The molecule has 0 aliphatic carbocycles. The number of pyridine rings is 1. The number of para-hydroxylation sites is 1. The lowest BCUT2D eigenvalue weighted by molar-refractivity contribution is -0.158. The summed E-state index contributed by atoms with van der Waals surface area (Å²) in [5.41, 5.74) is 0.0737. The Morgan fingerprint density at radius 1 is 1.11 bits per heavy atom. The smallest absolute Gasteiger partial charge is 0.311 e. The molecular weight excluding hydrogens is 340 g/mol. The summed E-state index contributed by atoms with van der Waals surface area (Å²) in [6.07, 6.45) is 3.76. The highest BCUT2D eigenvalue weighted by Crippen LogP contribution is 2.32. The van der Waals surface area contributed by atoms with Gasteiger partial charge in [0.25, 0.3) is 0 Å². The molecule has 2 rings (SSSR count). The number of carbonyl (C=O) groups is 2. The van der Waals surface area contributed by atoms with Crippen LogP contribution in [0.3, 0.4) is 0 Å². The third-order valence-electron chi connectivity index (χ3n) is 4.86. The Hall–Kier alpha value is -2.43. The molecule has 2 aromatic rings. The molecule has 146 valence electrons. The van der Waals surface area contributed by atoms with E-state index in [0.717, 1.165) is 17.3 Å². The number of hydrogen-bond acceptors (Lipinski definition) is 4. The SMILES string of the molecule is CCCC(CC)(COC(=O)C(C)(C)C)C(=O)Nc1cccc2cccnc12. The zero-order chi connectivity index (χ0) is 20.1. The number of nitrogens with one attached hydrogen (secondary N) is 1. The first kappa shape index (κ1) is 20.9. The molecule has 0 radical (unpaired) electrons. The highest BCUT2D eigenvalue weighted by Gasteiger charge is 2.38. The van der Waals surface area contributed by atoms with E-state index in [1.807, 2.05) is 65.0 Å². The van der Waals surface area contributed by atoms with Gasteiger partial charge in [-0.3, -0.25) is 14.6 Å². The highest BCUT2D eigenvalue weighted by atomic mass is 16.5. The van der Waals surface area contributed by atoms with Crippen molar-refractivity contribution >= 4 is 28.5 Å². The van der Waals surface area contributed by atoms with E-state index in [2.05, 4.69) is 10.3 Å². The van der Waals surface area contributed by atoms with Gasteiger partial charge in [0.2, 0.25) is 5.91 Å². The molecule has 0 saturated carbocycles. The maximum atomic E-state index is 13.2. The Bertz CT molecular complexity index is 805. The van der Waals surface area contributed by atoms with Crippen molar-refractivity contribution in [1.29, 1.82) is 0 Å². The van der Waals surface area contributed by atoms with Gasteiger partial charge < -0.3 is 10.1 Å². The lowest BCUT2D eigenvalue weighted by atomic mass is 9.80. The summed E-state index contributed by atoms with van der Waals surface area (Å²) >= 11 is 0. The summed E-state index contributed by atoms with van der Waals surface area (Å²) in [7, 11) is 0. The van der Waals surface area contributed by atoms with Crippen LogP contribution in [0.1, 0.15) is 53.9 Å². The molecule has 5 heteroatoms. The van der Waals surface area contributed by atoms with Crippen LogP contribution in [0.2, 0.25) is 0 Å². The van der Waals surface area contributed by atoms with Crippen molar-refractivity contribution in [2.75, 3.05) is 11.9 Å². The van der Waals surface area contributed by atoms with Crippen LogP contribution in [-0.4, -0.2) is 23.5 Å². The molecule has 0 bridgehead atoms. The van der Waals surface area contributed by atoms with E-state index in [1.165, 1.54) is 0 Å². The van der Waals surface area contributed by atoms with Gasteiger partial charge in [-0.15, -0.1) is 0 Å². The van der Waals surface area contributed by atoms with Gasteiger partial charge in [0.15, 0.2) is 0 Å². The third-order valence-corrected chi connectivity index (χ3v) is 4.86. The average Bonchev–Trinajstić information content (AvgIpc) is 2.64. The van der Waals surface area contributed by atoms with Crippen LogP contribution in [0.15, 0.2) is 36.5 Å². The zero-order valence-electron chi connectivity index (χ0n) is 17.0. The van der Waals surface area contributed by atoms with Gasteiger partial charge in [-0.2, -0.15) is 0 Å². The van der Waals surface area contributed by atoms with Crippen molar-refractivity contribution < 1.29 is 14.3 Å². The second-order valence-electron chi connectivity index (χ2n) is 8.04. The molecule has 1 heterocycles. The number of benzene rings is 1. The van der Waals surface area contributed by atoms with Crippen LogP contribution in [0.4, 0.5) is 5.69 Å². The molecule has 0 fully saturated rings. The van der Waals surface area contributed by atoms with Crippen molar-refractivity contribution in [2.24, 2.45) is 10.8 Å². The number of ether oxygens (including phenoxy) is 1. The van der Waals surface area contributed by atoms with Crippen molar-refractivity contribution in [2.45, 2.75) is 53.9 Å². The molecular formula is C22H30N2O3. The number of nitrogens with zero attached hydrogens (tertiary/aromatic N) is 1. The molecule has 0 aliphatic heterocycles. The first-order valence-electron chi connectivity index (χ1n) is 9.56. The molecule has 0 spiro atoms. The van der Waals surface area contributed by atoms with Crippen LogP contribution in [0.5, 0.6) is 0 Å². The Morgan fingerprint density at radius 3 is 2.44 bits per heavy atom. The number of fused-ring (bicyclic) bond motifs is 1. The summed E-state index contributed by atoms with van der Waals surface area (Å²) in [6.45, 7) is 9.50. The zero-order valence-corrected chi connectivity index (χ0v) is 17.0. The van der Waals surface area contributed by atoms with E-state index >= 15 is 0 Å². The normalized spacial score (nSPS) is 13.8. The predicted octanol–water partition coefficient (Wildman–Crippen LogP) is 4.96. The van der Waals surface area contributed by atoms with E-state index in [4.69, 9.17) is 4.74 Å². The minimum Gasteiger partial charge on any atom is -0.464 e. The number of rotatable bonds is 7. The molecule has 1 unspecified atom stereocenters. The number of amides is 1. The fourth-order valence-electron chi connectivity index (χ4n) is 3.05. The van der Waals surface area contributed by atoms with Gasteiger partial charge in [0.1, 0.15) is 6.61 Å². The maximum Gasteiger partial charge on any atom is 0.311 e. The molecule has 1 aromatic heterocycles. The molecule has 1 N–H and O–H groups in total. The van der Waals surface area contributed by atoms with E-state index in [-0.39, 0.29) is 18.5 Å². The van der Waals surface area contributed by atoms with Gasteiger partial charge in [-0.1, -0.05) is 38.5 Å². The number of hydrogen-bond donors (Lipinski definition) is 1. The molecule has 0 aliphatic rings. The van der Waals surface area contributed by atoms with Crippen LogP contribution in [0, 0.1) is 10.8 Å². The molecule has 27 heavy (non-hydrogen) atoms. The van der Waals surface area contributed by atoms with Gasteiger partial charge in [0, 0.05) is 11.6 Å². The summed E-state index contributed by atoms with van der Waals surface area (Å²) in [5.74, 6) is -0.428. The van der Waals surface area contributed by atoms with Gasteiger partial charge in [-0.25, -0.2) is 0 Å². The summed E-state index contributed by atoms with van der Waals surface area (Å²) in [4.78, 5) is 29.8. The van der Waals surface area contributed by atoms with E-state index in [9.17, 15) is 9.59 Å². The van der Waals surface area contributed by atoms with Crippen LogP contribution in [-0.2, 0) is 14.3 Å². The quantitative estimate of drug-likeness (QED) is 0.700. The second-order valence-corrected chi connectivity index (χ2v) is 8.04. The minimum absolute atomic E-state index is 0.0808. The Balaban J connectivity index is 2.27. The van der Waals surface area contributed by atoms with Gasteiger partial charge >= 0.3 is 5.97 Å². The number of carbonyl (C=O) groups excluding carboxylic acids is 2. The Kier molecular flexibility index (Phi) is 6.58. The fraction of sp³-hybridized carbons (Fsp3) is 0.500. The monoisotopic (exact) mass is 370 g/mol. The van der Waals surface area contributed by atoms with Crippen molar-refractivity contribution in [3.05, 3.63) is 36.5 Å². The predicted molar refractivity (Wildman–Crippen MR) is 108 cm³/mol. The largest absolute Gasteiger partial charge is 0.464 e. The summed E-state index contributed by atoms with van der Waals surface area (Å²) in [5, 5.41) is 4.00. The molecule has 5 nitrogen and oxygen atoms in total. The molecule has 1 atom stereocenters. The molecule has 0 saturated heterocycles. The summed E-state index contributed by atoms with van der Waals surface area (Å²) in [6, 6.07) is 9.53. The van der Waals surface area contributed by atoms with E-state index < -0.39 is 10.8 Å². The lowest BCUT2D eigenvalue weighted by Gasteiger charge is -2.32. The maximum absolute atomic E-state index is 13.2. The first-order valence-corrected chi connectivity index (χ1v) is 9.56. The number of anilines is 1. The minimum atomic E-state index is -0.757. The number of aromatic nitrogens is 1. The average molecular weight is 370 g/mol. The van der Waals surface area contributed by atoms with E-state index in [0.29, 0.717) is 18.5 Å². The topological polar surface area (TPSA) is 68.3 Å². The van der Waals surface area contributed by atoms with Crippen molar-refractivity contribution in [3.63, 3.8) is 0 Å². The Labute approximate surface area is 161 Å². The standard InChI is InChI=1S/C22H30N2O3/c1-6-13-22(7-2,15-27-20(26)21(3,4)5)19(25)24-17-12-8-10-16-11-9-14-23-18(16)17/h8-12,14H,6-7,13,15H2,1-5H3,(H,24,25). The first-order chi connectivity index (χ1) is 12.7. The molecule has 1 aromatic carbocycles. The van der Waals surface area contributed by atoms with Gasteiger partial charge in [-0.05, 0) is 45.7 Å². The third kappa shape index (κ3) is 4.85. The second kappa shape index (κ2) is 8.51. The van der Waals surface area contributed by atoms with Crippen LogP contribution in [0.25, 0.3) is 10.9 Å². The summed E-state index contributed by atoms with van der Waals surface area (Å²) < 4.78 is 5.55. The van der Waals surface area contributed by atoms with Crippen LogP contribution < -0.4 is 5.32 Å². The highest BCUT2D eigenvalue weighted by molar-refractivity contribution is 6.02. The van der Waals surface area contributed by atoms with Crippen molar-refractivity contribution in [3.8, 4) is 0 Å². The van der Waals surface area contributed by atoms with Gasteiger partial charge in [0.05, 0.1) is 22.0 Å². The fourth-order valence-corrected chi connectivity index (χ4v) is 3.05. The van der Waals surface area contributed by atoms with Crippen LogP contribution >= 0.6 is 0 Å². The number of esters is 1. The van der Waals surface area contributed by atoms with E-state index in [1.54, 1.807) is 6.20 Å². The van der Waals surface area contributed by atoms with Crippen molar-refractivity contribution in [1.82, 2.24) is 4.98 Å². The lowest BCUT2D eigenvalue weighted by Crippen LogP contribution is -2.41. The molecule has 1 amide bonds.